The van der Waals surface area contributed by atoms with E-state index in [1.54, 1.807) is 0 Å². The Labute approximate surface area is 105 Å². The van der Waals surface area contributed by atoms with E-state index in [0.29, 0.717) is 11.8 Å². The molecule has 0 saturated carbocycles. The lowest BCUT2D eigenvalue weighted by atomic mass is 9.96. The van der Waals surface area contributed by atoms with Gasteiger partial charge in [-0.15, -0.1) is 0 Å². The van der Waals surface area contributed by atoms with Crippen molar-refractivity contribution in [3.8, 4) is 0 Å². The van der Waals surface area contributed by atoms with Gasteiger partial charge in [-0.25, -0.2) is 0 Å². The minimum Gasteiger partial charge on any atom is -0.314 e. The quantitative estimate of drug-likeness (QED) is 0.809. The Morgan fingerprint density at radius 3 is 3.00 bits per heavy atom. The molecule has 0 radical (unpaired) electrons. The molecule has 2 rings (SSSR count). The van der Waals surface area contributed by atoms with Gasteiger partial charge in [0.1, 0.15) is 0 Å². The topological polar surface area (TPSA) is 29.1 Å². The summed E-state index contributed by atoms with van der Waals surface area (Å²) in [6, 6.07) is 0.596. The minimum absolute atomic E-state index is 0.416. The predicted molar refractivity (Wildman–Crippen MR) is 71.1 cm³/mol. The van der Waals surface area contributed by atoms with Gasteiger partial charge in [-0.1, -0.05) is 18.9 Å². The van der Waals surface area contributed by atoms with Crippen molar-refractivity contribution in [3.05, 3.63) is 11.6 Å². The Morgan fingerprint density at radius 1 is 1.24 bits per heavy atom. The number of piperidine rings is 1. The summed E-state index contributed by atoms with van der Waals surface area (Å²) in [5, 5.41) is 3.52. The van der Waals surface area contributed by atoms with Crippen molar-refractivity contribution >= 4 is 5.78 Å². The average molecular weight is 235 g/mol. The van der Waals surface area contributed by atoms with E-state index in [-0.39, 0.29) is 0 Å². The van der Waals surface area contributed by atoms with Crippen LogP contribution in [0.5, 0.6) is 0 Å². The van der Waals surface area contributed by atoms with Gasteiger partial charge in [-0.3, -0.25) is 4.79 Å². The highest BCUT2D eigenvalue weighted by Crippen LogP contribution is 2.20. The zero-order valence-corrected chi connectivity index (χ0v) is 10.8. The van der Waals surface area contributed by atoms with Crippen LogP contribution >= 0.6 is 0 Å². The number of rotatable bonds is 4. The van der Waals surface area contributed by atoms with Crippen LogP contribution in [0.15, 0.2) is 11.6 Å². The molecule has 0 bridgehead atoms. The van der Waals surface area contributed by atoms with Crippen LogP contribution in [0.4, 0.5) is 0 Å². The molecule has 1 fully saturated rings. The van der Waals surface area contributed by atoms with Gasteiger partial charge in [-0.2, -0.15) is 0 Å². The third-order valence-corrected chi connectivity index (χ3v) is 4.03. The molecule has 0 aromatic carbocycles. The standard InChI is InChI=1S/C15H25NO/c17-15(13-7-3-1-2-4-8-13)11-10-14-9-5-6-12-16-14/h7,14,16H,1-6,8-12H2. The monoisotopic (exact) mass is 235 g/mol. The Kier molecular flexibility index (Phi) is 5.24. The van der Waals surface area contributed by atoms with Gasteiger partial charge >= 0.3 is 0 Å². The van der Waals surface area contributed by atoms with E-state index in [1.807, 2.05) is 0 Å². The summed E-state index contributed by atoms with van der Waals surface area (Å²) in [6.45, 7) is 1.14. The molecule has 0 spiro atoms. The maximum absolute atomic E-state index is 12.1. The first kappa shape index (κ1) is 12.8. The molecule has 1 aliphatic heterocycles. The number of carbonyl (C=O) groups excluding carboxylic acids is 1. The van der Waals surface area contributed by atoms with Crippen molar-refractivity contribution in [2.45, 2.75) is 70.3 Å². The molecule has 1 heterocycles. The first-order chi connectivity index (χ1) is 8.36. The van der Waals surface area contributed by atoms with Gasteiger partial charge in [0, 0.05) is 12.5 Å². The second-order valence-electron chi connectivity index (χ2n) is 5.44. The van der Waals surface area contributed by atoms with Crippen molar-refractivity contribution < 1.29 is 4.79 Å². The smallest absolute Gasteiger partial charge is 0.158 e. The van der Waals surface area contributed by atoms with Crippen molar-refractivity contribution in [1.29, 1.82) is 0 Å². The Morgan fingerprint density at radius 2 is 2.18 bits per heavy atom. The third kappa shape index (κ3) is 4.27. The number of allylic oxidation sites excluding steroid dienone is 2. The predicted octanol–water partition coefficient (Wildman–Crippen LogP) is 3.37. The van der Waals surface area contributed by atoms with E-state index in [2.05, 4.69) is 11.4 Å². The van der Waals surface area contributed by atoms with Crippen LogP contribution < -0.4 is 5.32 Å². The lowest BCUT2D eigenvalue weighted by Gasteiger charge is -2.23. The summed E-state index contributed by atoms with van der Waals surface area (Å²) >= 11 is 0. The van der Waals surface area contributed by atoms with Crippen LogP contribution in [-0.4, -0.2) is 18.4 Å². The van der Waals surface area contributed by atoms with E-state index in [9.17, 15) is 4.79 Å². The molecule has 1 unspecified atom stereocenters. The number of carbonyl (C=O) groups is 1. The Balaban J connectivity index is 1.73. The Hall–Kier alpha value is -0.630. The number of Topliss-reactive ketones (excluding diaryl/α,β-unsaturated/α-hetero) is 1. The lowest BCUT2D eigenvalue weighted by molar-refractivity contribution is -0.116. The fraction of sp³-hybridized carbons (Fsp3) is 0.800. The molecule has 17 heavy (non-hydrogen) atoms. The summed E-state index contributed by atoms with van der Waals surface area (Å²) in [6.07, 6.45) is 13.8. The number of nitrogens with one attached hydrogen (secondary N) is 1. The van der Waals surface area contributed by atoms with Gasteiger partial charge in [0.2, 0.25) is 0 Å². The van der Waals surface area contributed by atoms with E-state index in [4.69, 9.17) is 0 Å². The fourth-order valence-corrected chi connectivity index (χ4v) is 2.90. The van der Waals surface area contributed by atoms with Crippen molar-refractivity contribution in [1.82, 2.24) is 5.32 Å². The molecule has 2 heteroatoms. The highest BCUT2D eigenvalue weighted by Gasteiger charge is 2.16. The largest absolute Gasteiger partial charge is 0.314 e. The second kappa shape index (κ2) is 6.95. The molecule has 1 aliphatic carbocycles. The molecule has 1 atom stereocenters. The van der Waals surface area contributed by atoms with Crippen LogP contribution in [0.25, 0.3) is 0 Å². The SMILES string of the molecule is O=C(CCC1CCCCN1)C1=CCCCCC1. The maximum Gasteiger partial charge on any atom is 0.158 e. The molecule has 2 aliphatic rings. The first-order valence-corrected chi connectivity index (χ1v) is 7.32. The summed E-state index contributed by atoms with van der Waals surface area (Å²) < 4.78 is 0. The van der Waals surface area contributed by atoms with Crippen molar-refractivity contribution in [2.24, 2.45) is 0 Å². The highest BCUT2D eigenvalue weighted by molar-refractivity contribution is 5.95. The molecule has 0 aromatic rings. The number of hydrogen-bond donors (Lipinski definition) is 1. The normalized spacial score (nSPS) is 26.1. The van der Waals surface area contributed by atoms with E-state index in [1.165, 1.54) is 38.5 Å². The summed E-state index contributed by atoms with van der Waals surface area (Å²) in [5.41, 5.74) is 1.12. The van der Waals surface area contributed by atoms with Gasteiger partial charge in [-0.05, 0) is 57.1 Å². The maximum atomic E-state index is 12.1. The van der Waals surface area contributed by atoms with Crippen LogP contribution in [0.1, 0.15) is 64.2 Å². The average Bonchev–Trinajstić information content (AvgIpc) is 2.66. The molecule has 96 valence electrons. The summed E-state index contributed by atoms with van der Waals surface area (Å²) in [7, 11) is 0. The number of ketones is 1. The van der Waals surface area contributed by atoms with Crippen molar-refractivity contribution in [2.75, 3.05) is 6.54 Å². The molecular formula is C15H25NO. The lowest BCUT2D eigenvalue weighted by Crippen LogP contribution is -2.34. The van der Waals surface area contributed by atoms with Crippen LogP contribution in [0, 0.1) is 0 Å². The van der Waals surface area contributed by atoms with Crippen LogP contribution in [-0.2, 0) is 4.79 Å². The minimum atomic E-state index is 0.416. The van der Waals surface area contributed by atoms with Gasteiger partial charge in [0.15, 0.2) is 5.78 Å². The van der Waals surface area contributed by atoms with E-state index in [0.717, 1.165) is 37.8 Å². The second-order valence-corrected chi connectivity index (χ2v) is 5.44. The molecule has 1 saturated heterocycles. The highest BCUT2D eigenvalue weighted by atomic mass is 16.1. The van der Waals surface area contributed by atoms with Crippen molar-refractivity contribution in [3.63, 3.8) is 0 Å². The molecular weight excluding hydrogens is 210 g/mol. The van der Waals surface area contributed by atoms with Gasteiger partial charge in [0.05, 0.1) is 0 Å². The van der Waals surface area contributed by atoms with Crippen LogP contribution in [0.3, 0.4) is 0 Å². The first-order valence-electron chi connectivity index (χ1n) is 7.32. The summed E-state index contributed by atoms with van der Waals surface area (Å²) in [4.78, 5) is 12.1. The van der Waals surface area contributed by atoms with Crippen LogP contribution in [0.2, 0.25) is 0 Å². The number of hydrogen-bond acceptors (Lipinski definition) is 2. The van der Waals surface area contributed by atoms with Gasteiger partial charge in [0.25, 0.3) is 0 Å². The summed E-state index contributed by atoms with van der Waals surface area (Å²) in [5.74, 6) is 0.416. The van der Waals surface area contributed by atoms with Gasteiger partial charge < -0.3 is 5.32 Å². The fourth-order valence-electron chi connectivity index (χ4n) is 2.90. The van der Waals surface area contributed by atoms with E-state index >= 15 is 0 Å². The molecule has 2 nitrogen and oxygen atoms in total. The molecule has 0 amide bonds. The molecule has 0 aromatic heterocycles. The van der Waals surface area contributed by atoms with E-state index < -0.39 is 0 Å². The third-order valence-electron chi connectivity index (χ3n) is 4.03. The zero-order chi connectivity index (χ0) is 11.9. The Bertz CT molecular complexity index is 277. The zero-order valence-electron chi connectivity index (χ0n) is 10.8. The molecule has 1 N–H and O–H groups in total.